The molecule has 0 amide bonds. The molecule has 2 heterocycles. The molecule has 2 aliphatic heterocycles. The van der Waals surface area contributed by atoms with E-state index in [-0.39, 0.29) is 6.42 Å². The third kappa shape index (κ3) is 8.29. The normalized spacial score (nSPS) is 36.8. The summed E-state index contributed by atoms with van der Waals surface area (Å²) in [6, 6.07) is 0. The summed E-state index contributed by atoms with van der Waals surface area (Å²) in [7, 11) is 0. The van der Waals surface area contributed by atoms with Crippen molar-refractivity contribution in [3.05, 3.63) is 0 Å². The fraction of sp³-hybridized carbons (Fsp3) is 0.958. The lowest BCUT2D eigenvalue weighted by molar-refractivity contribution is -0.383. The van der Waals surface area contributed by atoms with Crippen molar-refractivity contribution in [1.29, 1.82) is 0 Å². The molecule has 2 aliphatic rings. The highest BCUT2D eigenvalue weighted by Gasteiger charge is 2.58. The summed E-state index contributed by atoms with van der Waals surface area (Å²) in [5.41, 5.74) is 0. The Kier molecular flexibility index (Phi) is 13.4. The van der Waals surface area contributed by atoms with Gasteiger partial charge in [-0.2, -0.15) is 0 Å². The lowest BCUT2D eigenvalue weighted by atomic mass is 9.99. The Labute approximate surface area is 211 Å². The van der Waals surface area contributed by atoms with Crippen LogP contribution in [-0.4, -0.2) is 116 Å². The molecule has 12 heteroatoms. The minimum absolute atomic E-state index is 0.192. The van der Waals surface area contributed by atoms with Gasteiger partial charge >= 0.3 is 5.97 Å². The molecule has 0 saturated carbocycles. The first-order chi connectivity index (χ1) is 17.2. The highest BCUT2D eigenvalue weighted by molar-refractivity contribution is 5.69. The lowest BCUT2D eigenvalue weighted by Crippen LogP contribution is -2.62. The van der Waals surface area contributed by atoms with Gasteiger partial charge in [-0.25, -0.2) is 0 Å². The van der Waals surface area contributed by atoms with Crippen LogP contribution in [0.4, 0.5) is 0 Å². The second-order valence-corrected chi connectivity index (χ2v) is 9.64. The monoisotopic (exact) mass is 524 g/mol. The van der Waals surface area contributed by atoms with Crippen LogP contribution in [0.1, 0.15) is 71.1 Å². The maximum absolute atomic E-state index is 12.1. The van der Waals surface area contributed by atoms with Gasteiger partial charge in [-0.3, -0.25) is 4.79 Å². The van der Waals surface area contributed by atoms with Crippen molar-refractivity contribution >= 4 is 5.97 Å². The third-order valence-electron chi connectivity index (χ3n) is 6.78. The van der Waals surface area contributed by atoms with Crippen LogP contribution in [0.3, 0.4) is 0 Å². The zero-order chi connectivity index (χ0) is 26.7. The van der Waals surface area contributed by atoms with Crippen molar-refractivity contribution in [2.45, 2.75) is 126 Å². The van der Waals surface area contributed by atoms with Gasteiger partial charge in [-0.15, -0.1) is 0 Å². The molecule has 2 rings (SSSR count). The Morgan fingerprint density at radius 2 is 1.42 bits per heavy atom. The van der Waals surface area contributed by atoms with Gasteiger partial charge in [0.15, 0.2) is 6.29 Å². The summed E-state index contributed by atoms with van der Waals surface area (Å²) in [6.07, 6.45) is -2.81. The number of carbonyl (C=O) groups excluding carboxylic acids is 1. The number of unbranched alkanes of at least 4 members (excludes halogenated alkanes) is 8. The SMILES string of the molecule is CCCCCCCCCCCC(=O)OC[C@H]1O[C@H](O[C@@]2(CO)O[C@H](CO)[C@@H](O)[C@@H]2O)[C@H](O)[C@@H](O)[C@@H]1O. The van der Waals surface area contributed by atoms with Crippen molar-refractivity contribution < 1.29 is 59.5 Å². The van der Waals surface area contributed by atoms with Crippen LogP contribution in [0, 0.1) is 0 Å². The maximum atomic E-state index is 12.1. The van der Waals surface area contributed by atoms with Crippen molar-refractivity contribution in [3.63, 3.8) is 0 Å². The molecule has 2 saturated heterocycles. The van der Waals surface area contributed by atoms with Crippen LogP contribution < -0.4 is 0 Å². The minimum Gasteiger partial charge on any atom is -0.463 e. The van der Waals surface area contributed by atoms with Gasteiger partial charge < -0.3 is 54.7 Å². The number of esters is 1. The predicted octanol–water partition coefficient (Wildman–Crippen LogP) is -0.924. The molecular weight excluding hydrogens is 480 g/mol. The van der Waals surface area contributed by atoms with E-state index in [0.717, 1.165) is 19.3 Å². The summed E-state index contributed by atoms with van der Waals surface area (Å²) in [6.45, 7) is 0.0841. The Morgan fingerprint density at radius 1 is 0.806 bits per heavy atom. The first kappa shape index (κ1) is 31.3. The van der Waals surface area contributed by atoms with E-state index in [1.807, 2.05) is 0 Å². The van der Waals surface area contributed by atoms with Crippen molar-refractivity contribution in [3.8, 4) is 0 Å². The first-order valence-electron chi connectivity index (χ1n) is 13.0. The molecular formula is C24H44O12. The molecule has 0 unspecified atom stereocenters. The van der Waals surface area contributed by atoms with E-state index in [1.54, 1.807) is 0 Å². The van der Waals surface area contributed by atoms with E-state index in [4.69, 9.17) is 18.9 Å². The Morgan fingerprint density at radius 3 is 1.97 bits per heavy atom. The van der Waals surface area contributed by atoms with Crippen molar-refractivity contribution in [2.24, 2.45) is 0 Å². The summed E-state index contributed by atoms with van der Waals surface area (Å²) < 4.78 is 21.3. The number of hydrogen-bond acceptors (Lipinski definition) is 12. The Balaban J connectivity index is 1.80. The van der Waals surface area contributed by atoms with Crippen molar-refractivity contribution in [2.75, 3.05) is 19.8 Å². The summed E-state index contributed by atoms with van der Waals surface area (Å²) >= 11 is 0. The molecule has 36 heavy (non-hydrogen) atoms. The molecule has 212 valence electrons. The van der Waals surface area contributed by atoms with Gasteiger partial charge in [0.25, 0.3) is 0 Å². The van der Waals surface area contributed by atoms with E-state index >= 15 is 0 Å². The molecule has 0 radical (unpaired) electrons. The summed E-state index contributed by atoms with van der Waals surface area (Å²) in [5, 5.41) is 70.1. The van der Waals surface area contributed by atoms with Gasteiger partial charge in [0, 0.05) is 6.42 Å². The number of aliphatic hydroxyl groups excluding tert-OH is 7. The fourth-order valence-corrected chi connectivity index (χ4v) is 4.45. The summed E-state index contributed by atoms with van der Waals surface area (Å²) in [4.78, 5) is 12.1. The van der Waals surface area contributed by atoms with Crippen LogP contribution in [0.15, 0.2) is 0 Å². The van der Waals surface area contributed by atoms with Crippen LogP contribution >= 0.6 is 0 Å². The van der Waals surface area contributed by atoms with E-state index in [2.05, 4.69) is 6.92 Å². The molecule has 0 aliphatic carbocycles. The fourth-order valence-electron chi connectivity index (χ4n) is 4.45. The standard InChI is InChI=1S/C24H44O12/c1-2-3-4-5-6-7-8-9-10-11-17(27)33-13-16-18(28)20(30)21(31)23(34-16)36-24(14-26)22(32)19(29)15(12-25)35-24/h15-16,18-23,25-26,28-32H,2-14H2,1H3/t15-,16-,18-,19-,20+,21-,22+,23-,24-/m1/s1. The maximum Gasteiger partial charge on any atom is 0.305 e. The molecule has 12 nitrogen and oxygen atoms in total. The second-order valence-electron chi connectivity index (χ2n) is 9.64. The van der Waals surface area contributed by atoms with Gasteiger partial charge in [0.05, 0.1) is 6.61 Å². The topological polar surface area (TPSA) is 196 Å². The molecule has 2 fully saturated rings. The highest BCUT2D eigenvalue weighted by atomic mass is 16.8. The van der Waals surface area contributed by atoms with Gasteiger partial charge in [-0.1, -0.05) is 58.3 Å². The van der Waals surface area contributed by atoms with Crippen LogP contribution in [0.2, 0.25) is 0 Å². The Hall–Kier alpha value is -0.930. The van der Waals surface area contributed by atoms with Gasteiger partial charge in [0.1, 0.15) is 55.9 Å². The molecule has 0 aromatic heterocycles. The average Bonchev–Trinajstić information content (AvgIpc) is 3.12. The van der Waals surface area contributed by atoms with Gasteiger partial charge in [0.2, 0.25) is 5.79 Å². The second kappa shape index (κ2) is 15.5. The molecule has 0 aromatic carbocycles. The molecule has 0 spiro atoms. The largest absolute Gasteiger partial charge is 0.463 e. The number of aliphatic hydroxyl groups is 7. The predicted molar refractivity (Wildman–Crippen MR) is 124 cm³/mol. The number of hydrogen-bond donors (Lipinski definition) is 7. The Bertz CT molecular complexity index is 636. The summed E-state index contributed by atoms with van der Waals surface area (Å²) in [5.74, 6) is -2.76. The van der Waals surface area contributed by atoms with Crippen LogP contribution in [0.25, 0.3) is 0 Å². The smallest absolute Gasteiger partial charge is 0.305 e. The molecule has 0 bridgehead atoms. The van der Waals surface area contributed by atoms with E-state index in [1.165, 1.54) is 32.1 Å². The zero-order valence-corrected chi connectivity index (χ0v) is 21.0. The average molecular weight is 525 g/mol. The first-order valence-corrected chi connectivity index (χ1v) is 13.0. The van der Waals surface area contributed by atoms with E-state index in [0.29, 0.717) is 6.42 Å². The third-order valence-corrected chi connectivity index (χ3v) is 6.78. The number of rotatable bonds is 16. The van der Waals surface area contributed by atoms with Gasteiger partial charge in [-0.05, 0) is 6.42 Å². The zero-order valence-electron chi connectivity index (χ0n) is 21.0. The molecule has 9 atom stereocenters. The highest BCUT2D eigenvalue weighted by Crippen LogP contribution is 2.36. The quantitative estimate of drug-likeness (QED) is 0.0970. The van der Waals surface area contributed by atoms with Crippen LogP contribution in [0.5, 0.6) is 0 Å². The number of carbonyl (C=O) groups is 1. The number of ether oxygens (including phenoxy) is 4. The van der Waals surface area contributed by atoms with Crippen LogP contribution in [-0.2, 0) is 23.7 Å². The van der Waals surface area contributed by atoms with Crippen molar-refractivity contribution in [1.82, 2.24) is 0 Å². The van der Waals surface area contributed by atoms with E-state index < -0.39 is 80.6 Å². The molecule has 0 aromatic rings. The minimum atomic E-state index is -2.27. The molecule has 7 N–H and O–H groups in total. The lowest BCUT2D eigenvalue weighted by Gasteiger charge is -2.43. The van der Waals surface area contributed by atoms with E-state index in [9.17, 15) is 40.5 Å².